The van der Waals surface area contributed by atoms with Gasteiger partial charge in [0.25, 0.3) is 0 Å². The Balaban J connectivity index is 2.61. The number of hydrogen-bond acceptors (Lipinski definition) is 2. The van der Waals surface area contributed by atoms with Crippen LogP contribution in [0.2, 0.25) is 0 Å². The van der Waals surface area contributed by atoms with E-state index in [1.807, 2.05) is 12.1 Å². The van der Waals surface area contributed by atoms with Crippen molar-refractivity contribution < 1.29 is 4.74 Å². The summed E-state index contributed by atoms with van der Waals surface area (Å²) in [7, 11) is 0. The van der Waals surface area contributed by atoms with Crippen LogP contribution in [-0.2, 0) is 0 Å². The van der Waals surface area contributed by atoms with Gasteiger partial charge in [0.15, 0.2) is 0 Å². The Kier molecular flexibility index (Phi) is 4.66. The molecule has 0 amide bonds. The molecule has 0 saturated carbocycles. The van der Waals surface area contributed by atoms with Gasteiger partial charge in [-0.15, -0.1) is 0 Å². The summed E-state index contributed by atoms with van der Waals surface area (Å²) in [5, 5.41) is 0. The van der Waals surface area contributed by atoms with Gasteiger partial charge in [-0.25, -0.2) is 0 Å². The van der Waals surface area contributed by atoms with Gasteiger partial charge in [0.1, 0.15) is 5.75 Å². The fraction of sp³-hybridized carbons (Fsp3) is 0.571. The van der Waals surface area contributed by atoms with Crippen LogP contribution in [0.1, 0.15) is 45.6 Å². The average molecular weight is 221 g/mol. The molecule has 0 aliphatic rings. The van der Waals surface area contributed by atoms with Crippen LogP contribution >= 0.6 is 0 Å². The van der Waals surface area contributed by atoms with Gasteiger partial charge in [0.2, 0.25) is 0 Å². The molecule has 1 aromatic rings. The molecule has 90 valence electrons. The first-order valence-corrected chi connectivity index (χ1v) is 6.03. The number of nitrogen functional groups attached to an aromatic ring is 1. The quantitative estimate of drug-likeness (QED) is 0.767. The molecular formula is C14H23NO. The molecule has 0 saturated heterocycles. The van der Waals surface area contributed by atoms with Gasteiger partial charge in [-0.05, 0) is 36.0 Å². The summed E-state index contributed by atoms with van der Waals surface area (Å²) < 4.78 is 5.66. The normalized spacial score (nSPS) is 11.1. The highest BCUT2D eigenvalue weighted by molar-refractivity contribution is 5.54. The van der Waals surface area contributed by atoms with E-state index in [0.717, 1.165) is 24.5 Å². The van der Waals surface area contributed by atoms with E-state index in [1.165, 1.54) is 5.56 Å². The van der Waals surface area contributed by atoms with Crippen LogP contribution in [0.5, 0.6) is 5.75 Å². The highest BCUT2D eigenvalue weighted by Crippen LogP contribution is 2.26. The number of anilines is 1. The average Bonchev–Trinajstić information content (AvgIpc) is 2.19. The van der Waals surface area contributed by atoms with Crippen molar-refractivity contribution in [3.63, 3.8) is 0 Å². The zero-order valence-corrected chi connectivity index (χ0v) is 10.8. The summed E-state index contributed by atoms with van der Waals surface area (Å²) in [6.07, 6.45) is 1.06. The van der Waals surface area contributed by atoms with Crippen LogP contribution in [0.3, 0.4) is 0 Å². The molecule has 0 atom stereocenters. The molecule has 0 unspecified atom stereocenters. The topological polar surface area (TPSA) is 35.2 Å². The first-order valence-electron chi connectivity index (χ1n) is 6.03. The molecule has 1 aromatic carbocycles. The van der Waals surface area contributed by atoms with E-state index >= 15 is 0 Å². The molecule has 0 aliphatic heterocycles. The van der Waals surface area contributed by atoms with Crippen molar-refractivity contribution in [1.29, 1.82) is 0 Å². The van der Waals surface area contributed by atoms with Crippen molar-refractivity contribution in [3.05, 3.63) is 23.8 Å². The lowest BCUT2D eigenvalue weighted by Gasteiger charge is -2.12. The van der Waals surface area contributed by atoms with Crippen molar-refractivity contribution in [1.82, 2.24) is 0 Å². The van der Waals surface area contributed by atoms with Crippen molar-refractivity contribution in [2.24, 2.45) is 5.92 Å². The van der Waals surface area contributed by atoms with Gasteiger partial charge in [0, 0.05) is 0 Å². The Labute approximate surface area is 98.8 Å². The lowest BCUT2D eigenvalue weighted by Crippen LogP contribution is -2.04. The van der Waals surface area contributed by atoms with Crippen LogP contribution < -0.4 is 10.5 Å². The maximum atomic E-state index is 5.95. The number of benzene rings is 1. The lowest BCUT2D eigenvalue weighted by molar-refractivity contribution is 0.291. The summed E-state index contributed by atoms with van der Waals surface area (Å²) >= 11 is 0. The standard InChI is InChI=1S/C14H23NO/c1-10(2)7-8-16-14-6-5-12(11(3)4)9-13(14)15/h5-6,9-11H,7-8,15H2,1-4H3. The number of hydrogen-bond donors (Lipinski definition) is 1. The van der Waals surface area contributed by atoms with Crippen molar-refractivity contribution >= 4 is 5.69 Å². The second kappa shape index (κ2) is 5.78. The SMILES string of the molecule is CC(C)CCOc1ccc(C(C)C)cc1N. The van der Waals surface area contributed by atoms with Crippen LogP contribution in [0.15, 0.2) is 18.2 Å². The second-order valence-corrected chi connectivity index (χ2v) is 4.98. The van der Waals surface area contributed by atoms with Crippen LogP contribution in [0, 0.1) is 5.92 Å². The molecule has 0 spiro atoms. The van der Waals surface area contributed by atoms with Gasteiger partial charge in [-0.1, -0.05) is 33.8 Å². The van der Waals surface area contributed by atoms with Crippen molar-refractivity contribution in [2.45, 2.75) is 40.0 Å². The molecule has 1 rings (SSSR count). The Morgan fingerprint density at radius 2 is 1.88 bits per heavy atom. The summed E-state index contributed by atoms with van der Waals surface area (Å²) in [5.41, 5.74) is 7.95. The number of nitrogens with two attached hydrogens (primary N) is 1. The maximum Gasteiger partial charge on any atom is 0.142 e. The third-order valence-corrected chi connectivity index (χ3v) is 2.65. The number of rotatable bonds is 5. The first kappa shape index (κ1) is 12.9. The Morgan fingerprint density at radius 3 is 2.38 bits per heavy atom. The highest BCUT2D eigenvalue weighted by Gasteiger charge is 2.05. The smallest absolute Gasteiger partial charge is 0.142 e. The predicted octanol–water partition coefficient (Wildman–Crippen LogP) is 3.82. The summed E-state index contributed by atoms with van der Waals surface area (Å²) in [4.78, 5) is 0. The van der Waals surface area contributed by atoms with Gasteiger partial charge in [-0.3, -0.25) is 0 Å². The van der Waals surface area contributed by atoms with E-state index in [1.54, 1.807) is 0 Å². The maximum absolute atomic E-state index is 5.95. The van der Waals surface area contributed by atoms with Gasteiger partial charge in [0.05, 0.1) is 12.3 Å². The first-order chi connectivity index (χ1) is 7.50. The van der Waals surface area contributed by atoms with Crippen LogP contribution in [0.4, 0.5) is 5.69 Å². The minimum atomic E-state index is 0.506. The minimum Gasteiger partial charge on any atom is -0.491 e. The third-order valence-electron chi connectivity index (χ3n) is 2.65. The molecule has 0 heterocycles. The Bertz CT molecular complexity index is 332. The molecular weight excluding hydrogens is 198 g/mol. The fourth-order valence-corrected chi connectivity index (χ4v) is 1.46. The molecule has 0 radical (unpaired) electrons. The van der Waals surface area contributed by atoms with Gasteiger partial charge >= 0.3 is 0 Å². The van der Waals surface area contributed by atoms with E-state index < -0.39 is 0 Å². The third kappa shape index (κ3) is 3.76. The van der Waals surface area contributed by atoms with Gasteiger partial charge in [-0.2, -0.15) is 0 Å². The molecule has 2 heteroatoms. The molecule has 0 aliphatic carbocycles. The zero-order chi connectivity index (χ0) is 12.1. The van der Waals surface area contributed by atoms with E-state index in [2.05, 4.69) is 33.8 Å². The lowest BCUT2D eigenvalue weighted by atomic mass is 10.0. The molecule has 2 nitrogen and oxygen atoms in total. The predicted molar refractivity (Wildman–Crippen MR) is 69.9 cm³/mol. The van der Waals surface area contributed by atoms with E-state index in [9.17, 15) is 0 Å². The van der Waals surface area contributed by atoms with E-state index in [0.29, 0.717) is 11.8 Å². The number of ether oxygens (including phenoxy) is 1. The Morgan fingerprint density at radius 1 is 1.19 bits per heavy atom. The van der Waals surface area contributed by atoms with Crippen LogP contribution in [-0.4, -0.2) is 6.61 Å². The summed E-state index contributed by atoms with van der Waals surface area (Å²) in [6, 6.07) is 6.08. The van der Waals surface area contributed by atoms with Crippen molar-refractivity contribution in [2.75, 3.05) is 12.3 Å². The summed E-state index contributed by atoms with van der Waals surface area (Å²) in [6.45, 7) is 9.44. The van der Waals surface area contributed by atoms with E-state index in [-0.39, 0.29) is 0 Å². The summed E-state index contributed by atoms with van der Waals surface area (Å²) in [5.74, 6) is 1.98. The monoisotopic (exact) mass is 221 g/mol. The largest absolute Gasteiger partial charge is 0.491 e. The molecule has 0 aromatic heterocycles. The van der Waals surface area contributed by atoms with E-state index in [4.69, 9.17) is 10.5 Å². The molecule has 0 fully saturated rings. The minimum absolute atomic E-state index is 0.506. The molecule has 0 bridgehead atoms. The molecule has 16 heavy (non-hydrogen) atoms. The van der Waals surface area contributed by atoms with Crippen molar-refractivity contribution in [3.8, 4) is 5.75 Å². The zero-order valence-electron chi connectivity index (χ0n) is 10.8. The van der Waals surface area contributed by atoms with Crippen LogP contribution in [0.25, 0.3) is 0 Å². The molecule has 2 N–H and O–H groups in total. The van der Waals surface area contributed by atoms with Gasteiger partial charge < -0.3 is 10.5 Å². The Hall–Kier alpha value is -1.18. The highest BCUT2D eigenvalue weighted by atomic mass is 16.5. The fourth-order valence-electron chi connectivity index (χ4n) is 1.46. The second-order valence-electron chi connectivity index (χ2n) is 4.98.